The summed E-state index contributed by atoms with van der Waals surface area (Å²) in [7, 11) is 0. The molecule has 1 saturated heterocycles. The summed E-state index contributed by atoms with van der Waals surface area (Å²) >= 11 is 6.30. The molecule has 1 fully saturated rings. The number of nitrogens with two attached hydrogens (primary N) is 1. The van der Waals surface area contributed by atoms with Crippen molar-refractivity contribution >= 4 is 22.8 Å². The van der Waals surface area contributed by atoms with E-state index in [9.17, 15) is 0 Å². The highest BCUT2D eigenvalue weighted by molar-refractivity contribution is 6.31. The third kappa shape index (κ3) is 3.25. The highest BCUT2D eigenvalue weighted by Gasteiger charge is 2.29. The zero-order valence-corrected chi connectivity index (χ0v) is 14.7. The Balaban J connectivity index is 1.56. The molecule has 25 heavy (non-hydrogen) atoms. The maximum Gasteiger partial charge on any atom is 0.177 e. The fourth-order valence-corrected chi connectivity index (χ4v) is 3.74. The molecule has 3 aromatic rings. The quantitative estimate of drug-likeness (QED) is 0.760. The molecular weight excluding hydrogens is 336 g/mol. The van der Waals surface area contributed by atoms with Crippen LogP contribution in [0.25, 0.3) is 11.2 Å². The van der Waals surface area contributed by atoms with Crippen LogP contribution < -0.4 is 5.73 Å². The Kier molecular flexibility index (Phi) is 4.65. The molecule has 0 saturated carbocycles. The molecule has 1 aliphatic rings. The van der Waals surface area contributed by atoms with Crippen LogP contribution in [0.2, 0.25) is 5.02 Å². The highest BCUT2D eigenvalue weighted by atomic mass is 35.5. The number of hydrogen-bond donors (Lipinski definition) is 1. The van der Waals surface area contributed by atoms with E-state index < -0.39 is 0 Å². The van der Waals surface area contributed by atoms with E-state index in [4.69, 9.17) is 22.4 Å². The Bertz CT molecular complexity index is 877. The summed E-state index contributed by atoms with van der Waals surface area (Å²) in [5.74, 6) is 0.362. The summed E-state index contributed by atoms with van der Waals surface area (Å²) in [4.78, 5) is 11.4. The first kappa shape index (κ1) is 16.4. The summed E-state index contributed by atoms with van der Waals surface area (Å²) < 4.78 is 1.88. The fourth-order valence-electron chi connectivity index (χ4n) is 3.55. The number of halogens is 1. The first-order valence-electron chi connectivity index (χ1n) is 8.59. The van der Waals surface area contributed by atoms with E-state index in [1.54, 1.807) is 12.4 Å². The van der Waals surface area contributed by atoms with Gasteiger partial charge in [0.05, 0.1) is 12.2 Å². The molecule has 3 heterocycles. The summed E-state index contributed by atoms with van der Waals surface area (Å²) in [5.41, 5.74) is 9.65. The summed E-state index contributed by atoms with van der Waals surface area (Å²) in [6.45, 7) is 4.04. The Morgan fingerprint density at radius 3 is 2.88 bits per heavy atom. The molecule has 1 aromatic carbocycles. The maximum absolute atomic E-state index is 6.30. The molecular formula is C18H21ClN6. The van der Waals surface area contributed by atoms with E-state index in [0.717, 1.165) is 47.9 Å². The van der Waals surface area contributed by atoms with Gasteiger partial charge in [-0.25, -0.2) is 14.6 Å². The lowest BCUT2D eigenvalue weighted by Crippen LogP contribution is -2.20. The average molecular weight is 357 g/mol. The van der Waals surface area contributed by atoms with Gasteiger partial charge in [0.25, 0.3) is 0 Å². The van der Waals surface area contributed by atoms with E-state index in [2.05, 4.69) is 20.9 Å². The SMILES string of the molecule is NCCn1nc([C@H]2CCN(Cc3ccccc3Cl)C2)c2nccnc21. The molecule has 2 N–H and O–H groups in total. The molecule has 1 aliphatic heterocycles. The van der Waals surface area contributed by atoms with Crippen LogP contribution in [0.3, 0.4) is 0 Å². The smallest absolute Gasteiger partial charge is 0.177 e. The lowest BCUT2D eigenvalue weighted by molar-refractivity contribution is 0.326. The topological polar surface area (TPSA) is 72.9 Å². The van der Waals surface area contributed by atoms with Crippen LogP contribution in [0.15, 0.2) is 36.7 Å². The number of nitrogens with zero attached hydrogens (tertiary/aromatic N) is 5. The van der Waals surface area contributed by atoms with Crippen LogP contribution in [-0.2, 0) is 13.1 Å². The largest absolute Gasteiger partial charge is 0.329 e. The Morgan fingerprint density at radius 2 is 2.04 bits per heavy atom. The van der Waals surface area contributed by atoms with Gasteiger partial charge >= 0.3 is 0 Å². The second kappa shape index (κ2) is 7.07. The van der Waals surface area contributed by atoms with Crippen LogP contribution in [0.1, 0.15) is 23.6 Å². The third-order valence-corrected chi connectivity index (χ3v) is 5.11. The molecule has 0 radical (unpaired) electrons. The molecule has 7 heteroatoms. The van der Waals surface area contributed by atoms with E-state index >= 15 is 0 Å². The minimum absolute atomic E-state index is 0.362. The van der Waals surface area contributed by atoms with Crippen LogP contribution in [0, 0.1) is 0 Å². The number of rotatable bonds is 5. The lowest BCUT2D eigenvalue weighted by atomic mass is 10.0. The number of fused-ring (bicyclic) bond motifs is 1. The van der Waals surface area contributed by atoms with Crippen molar-refractivity contribution < 1.29 is 0 Å². The van der Waals surface area contributed by atoms with Crippen molar-refractivity contribution in [3.05, 3.63) is 52.9 Å². The normalized spacial score (nSPS) is 18.2. The number of aromatic nitrogens is 4. The van der Waals surface area contributed by atoms with Crippen molar-refractivity contribution in [1.29, 1.82) is 0 Å². The van der Waals surface area contributed by atoms with Crippen molar-refractivity contribution in [3.8, 4) is 0 Å². The highest BCUT2D eigenvalue weighted by Crippen LogP contribution is 2.31. The first-order chi connectivity index (χ1) is 12.3. The van der Waals surface area contributed by atoms with E-state index in [-0.39, 0.29) is 0 Å². The van der Waals surface area contributed by atoms with Gasteiger partial charge in [0.15, 0.2) is 5.65 Å². The van der Waals surface area contributed by atoms with Gasteiger partial charge in [0.2, 0.25) is 0 Å². The van der Waals surface area contributed by atoms with E-state index in [0.29, 0.717) is 19.0 Å². The Morgan fingerprint density at radius 1 is 1.20 bits per heavy atom. The van der Waals surface area contributed by atoms with Gasteiger partial charge in [-0.1, -0.05) is 29.8 Å². The molecule has 0 unspecified atom stereocenters. The molecule has 0 spiro atoms. The predicted molar refractivity (Wildman–Crippen MR) is 98.5 cm³/mol. The van der Waals surface area contributed by atoms with Crippen molar-refractivity contribution in [1.82, 2.24) is 24.6 Å². The van der Waals surface area contributed by atoms with E-state index in [1.165, 1.54) is 5.56 Å². The predicted octanol–water partition coefficient (Wildman–Crippen LogP) is 2.43. The molecule has 130 valence electrons. The zero-order chi connectivity index (χ0) is 17.2. The van der Waals surface area contributed by atoms with Gasteiger partial charge in [0.1, 0.15) is 5.52 Å². The summed E-state index contributed by atoms with van der Waals surface area (Å²) in [6.07, 6.45) is 4.51. The number of likely N-dealkylation sites (tertiary alicyclic amines) is 1. The molecule has 0 bridgehead atoms. The van der Waals surface area contributed by atoms with Gasteiger partial charge in [-0.15, -0.1) is 0 Å². The molecule has 4 rings (SSSR count). The van der Waals surface area contributed by atoms with Crippen LogP contribution in [-0.4, -0.2) is 44.3 Å². The minimum atomic E-state index is 0.362. The van der Waals surface area contributed by atoms with Gasteiger partial charge < -0.3 is 5.73 Å². The van der Waals surface area contributed by atoms with Crippen LogP contribution in [0.4, 0.5) is 0 Å². The van der Waals surface area contributed by atoms with E-state index in [1.807, 2.05) is 22.9 Å². The third-order valence-electron chi connectivity index (χ3n) is 4.75. The second-order valence-corrected chi connectivity index (χ2v) is 6.84. The maximum atomic E-state index is 6.30. The first-order valence-corrected chi connectivity index (χ1v) is 8.97. The number of benzene rings is 1. The zero-order valence-electron chi connectivity index (χ0n) is 14.0. The van der Waals surface area contributed by atoms with Crippen molar-refractivity contribution in [2.75, 3.05) is 19.6 Å². The monoisotopic (exact) mass is 356 g/mol. The van der Waals surface area contributed by atoms with Gasteiger partial charge in [-0.3, -0.25) is 4.90 Å². The van der Waals surface area contributed by atoms with Gasteiger partial charge in [0, 0.05) is 43.0 Å². The molecule has 2 aromatic heterocycles. The fraction of sp³-hybridized carbons (Fsp3) is 0.389. The van der Waals surface area contributed by atoms with Crippen LogP contribution >= 0.6 is 11.6 Å². The lowest BCUT2D eigenvalue weighted by Gasteiger charge is -2.16. The van der Waals surface area contributed by atoms with Crippen molar-refractivity contribution in [2.24, 2.45) is 5.73 Å². The average Bonchev–Trinajstić information content (AvgIpc) is 3.23. The minimum Gasteiger partial charge on any atom is -0.329 e. The molecule has 0 amide bonds. The molecule has 1 atom stereocenters. The van der Waals surface area contributed by atoms with Crippen molar-refractivity contribution in [2.45, 2.75) is 25.4 Å². The molecule has 6 nitrogen and oxygen atoms in total. The van der Waals surface area contributed by atoms with Gasteiger partial charge in [-0.2, -0.15) is 5.10 Å². The van der Waals surface area contributed by atoms with Crippen LogP contribution in [0.5, 0.6) is 0 Å². The molecule has 0 aliphatic carbocycles. The second-order valence-electron chi connectivity index (χ2n) is 6.44. The summed E-state index contributed by atoms with van der Waals surface area (Å²) in [6, 6.07) is 8.04. The summed E-state index contributed by atoms with van der Waals surface area (Å²) in [5, 5.41) is 5.61. The Labute approximate surface area is 151 Å². The Hall–Kier alpha value is -2.02. The van der Waals surface area contributed by atoms with Crippen molar-refractivity contribution in [3.63, 3.8) is 0 Å². The standard InChI is InChI=1S/C18H21ClN6/c19-15-4-2-1-3-13(15)11-24-9-5-14(12-24)16-17-18(22-8-7-21-17)25(23-16)10-6-20/h1-4,7-8,14H,5-6,9-12,20H2/t14-/m0/s1. The van der Waals surface area contributed by atoms with Gasteiger partial charge in [-0.05, 0) is 24.6 Å². The number of hydrogen-bond acceptors (Lipinski definition) is 5.